The fourth-order valence-electron chi connectivity index (χ4n) is 2.50. The van der Waals surface area contributed by atoms with Gasteiger partial charge in [0, 0.05) is 17.6 Å². The fraction of sp³-hybridized carbons (Fsp3) is 0.118. The van der Waals surface area contributed by atoms with Crippen molar-refractivity contribution in [1.82, 2.24) is 0 Å². The van der Waals surface area contributed by atoms with Gasteiger partial charge in [-0.1, -0.05) is 24.3 Å². The standard InChI is InChI=1S/C17H13IO3/c1-21-15-8-10(7-14(18)17(15)20)6-12-9-11-4-2-3-5-13(11)16(12)19/h2-8,20H,9H2,1H3/b12-6+. The molecule has 0 saturated carbocycles. The Hall–Kier alpha value is -1.82. The molecule has 0 spiro atoms. The smallest absolute Gasteiger partial charge is 0.189 e. The summed E-state index contributed by atoms with van der Waals surface area (Å²) in [6.07, 6.45) is 2.52. The molecule has 21 heavy (non-hydrogen) atoms. The molecule has 0 heterocycles. The zero-order chi connectivity index (χ0) is 15.0. The summed E-state index contributed by atoms with van der Waals surface area (Å²) in [6, 6.07) is 11.2. The molecule has 3 nitrogen and oxygen atoms in total. The number of phenols is 1. The number of rotatable bonds is 2. The number of ether oxygens (including phenoxy) is 1. The molecule has 0 amide bonds. The van der Waals surface area contributed by atoms with Gasteiger partial charge in [0.2, 0.25) is 0 Å². The lowest BCUT2D eigenvalue weighted by molar-refractivity contribution is 0.104. The number of aromatic hydroxyl groups is 1. The van der Waals surface area contributed by atoms with Crippen molar-refractivity contribution in [1.29, 1.82) is 0 Å². The highest BCUT2D eigenvalue weighted by molar-refractivity contribution is 14.1. The molecule has 0 fully saturated rings. The molecule has 106 valence electrons. The number of ketones is 1. The van der Waals surface area contributed by atoms with Crippen LogP contribution in [-0.2, 0) is 6.42 Å². The molecular formula is C17H13IO3. The number of benzene rings is 2. The Balaban J connectivity index is 2.01. The number of halogens is 1. The highest BCUT2D eigenvalue weighted by atomic mass is 127. The second-order valence-electron chi connectivity index (χ2n) is 4.89. The third-order valence-corrected chi connectivity index (χ3v) is 4.37. The van der Waals surface area contributed by atoms with Crippen molar-refractivity contribution in [3.8, 4) is 11.5 Å². The highest BCUT2D eigenvalue weighted by Gasteiger charge is 2.24. The molecule has 1 aliphatic carbocycles. The van der Waals surface area contributed by atoms with E-state index in [1.807, 2.05) is 59.0 Å². The number of hydrogen-bond donors (Lipinski definition) is 1. The average molecular weight is 392 g/mol. The molecule has 0 bridgehead atoms. The first-order valence-corrected chi connectivity index (χ1v) is 7.57. The maximum atomic E-state index is 12.4. The molecule has 0 unspecified atom stereocenters. The lowest BCUT2D eigenvalue weighted by Crippen LogP contribution is -1.95. The average Bonchev–Trinajstić information content (AvgIpc) is 2.79. The lowest BCUT2D eigenvalue weighted by Gasteiger charge is -2.07. The van der Waals surface area contributed by atoms with Crippen LogP contribution in [0.2, 0.25) is 0 Å². The largest absolute Gasteiger partial charge is 0.504 e. The van der Waals surface area contributed by atoms with Gasteiger partial charge in [0.25, 0.3) is 0 Å². The molecule has 0 atom stereocenters. The Bertz CT molecular complexity index is 763. The number of carbonyl (C=O) groups is 1. The summed E-state index contributed by atoms with van der Waals surface area (Å²) in [6.45, 7) is 0. The van der Waals surface area contributed by atoms with Gasteiger partial charge >= 0.3 is 0 Å². The molecule has 1 N–H and O–H groups in total. The summed E-state index contributed by atoms with van der Waals surface area (Å²) in [7, 11) is 1.51. The first-order chi connectivity index (χ1) is 10.1. The lowest BCUT2D eigenvalue weighted by atomic mass is 10.1. The van der Waals surface area contributed by atoms with E-state index in [0.29, 0.717) is 15.7 Å². The van der Waals surface area contributed by atoms with E-state index < -0.39 is 0 Å². The molecular weight excluding hydrogens is 379 g/mol. The van der Waals surface area contributed by atoms with Crippen LogP contribution in [0, 0.1) is 3.57 Å². The monoisotopic (exact) mass is 392 g/mol. The van der Waals surface area contributed by atoms with E-state index in [0.717, 1.165) is 22.3 Å². The van der Waals surface area contributed by atoms with Crippen LogP contribution in [0.3, 0.4) is 0 Å². The first kappa shape index (κ1) is 14.1. The zero-order valence-electron chi connectivity index (χ0n) is 11.4. The van der Waals surface area contributed by atoms with Crippen molar-refractivity contribution in [2.24, 2.45) is 0 Å². The second-order valence-corrected chi connectivity index (χ2v) is 6.05. The van der Waals surface area contributed by atoms with Crippen LogP contribution in [0.5, 0.6) is 11.5 Å². The van der Waals surface area contributed by atoms with Gasteiger partial charge < -0.3 is 9.84 Å². The van der Waals surface area contributed by atoms with Crippen LogP contribution in [0.1, 0.15) is 21.5 Å². The Kier molecular flexibility index (Phi) is 3.71. The Morgan fingerprint density at radius 3 is 2.76 bits per heavy atom. The van der Waals surface area contributed by atoms with Gasteiger partial charge in [-0.25, -0.2) is 0 Å². The topological polar surface area (TPSA) is 46.5 Å². The minimum atomic E-state index is 0.0765. The normalized spacial score (nSPS) is 15.3. The number of carbonyl (C=O) groups excluding carboxylic acids is 1. The summed E-state index contributed by atoms with van der Waals surface area (Å²) in [5, 5.41) is 9.86. The Morgan fingerprint density at radius 2 is 2.05 bits per heavy atom. The predicted molar refractivity (Wildman–Crippen MR) is 89.8 cm³/mol. The summed E-state index contributed by atoms with van der Waals surface area (Å²) in [5.41, 5.74) is 3.46. The minimum Gasteiger partial charge on any atom is -0.504 e. The van der Waals surface area contributed by atoms with Gasteiger partial charge in [0.05, 0.1) is 10.7 Å². The van der Waals surface area contributed by atoms with Crippen LogP contribution in [0.4, 0.5) is 0 Å². The Labute approximate surface area is 136 Å². The number of allylic oxidation sites excluding steroid dienone is 1. The van der Waals surface area contributed by atoms with Crippen molar-refractivity contribution in [2.45, 2.75) is 6.42 Å². The van der Waals surface area contributed by atoms with Crippen LogP contribution in [0.25, 0.3) is 6.08 Å². The van der Waals surface area contributed by atoms with E-state index >= 15 is 0 Å². The summed E-state index contributed by atoms with van der Waals surface area (Å²) in [5.74, 6) is 0.616. The van der Waals surface area contributed by atoms with E-state index in [1.165, 1.54) is 7.11 Å². The van der Waals surface area contributed by atoms with Gasteiger partial charge in [-0.05, 0) is 51.9 Å². The van der Waals surface area contributed by atoms with Crippen LogP contribution in [-0.4, -0.2) is 18.0 Å². The molecule has 2 aromatic carbocycles. The molecule has 2 aromatic rings. The molecule has 0 aliphatic heterocycles. The molecule has 0 saturated heterocycles. The number of phenolic OH excluding ortho intramolecular Hbond substituents is 1. The summed E-state index contributed by atoms with van der Waals surface area (Å²) >= 11 is 2.05. The SMILES string of the molecule is COc1cc(/C=C2\Cc3ccccc3C2=O)cc(I)c1O. The van der Waals surface area contributed by atoms with E-state index in [-0.39, 0.29) is 11.5 Å². The number of methoxy groups -OCH3 is 1. The second kappa shape index (κ2) is 5.52. The fourth-order valence-corrected chi connectivity index (χ4v) is 3.13. The van der Waals surface area contributed by atoms with E-state index in [9.17, 15) is 9.90 Å². The van der Waals surface area contributed by atoms with Crippen molar-refractivity contribution in [2.75, 3.05) is 7.11 Å². The van der Waals surface area contributed by atoms with Gasteiger partial charge in [-0.2, -0.15) is 0 Å². The third kappa shape index (κ3) is 2.55. The molecule has 0 aromatic heterocycles. The zero-order valence-corrected chi connectivity index (χ0v) is 13.5. The molecule has 4 heteroatoms. The van der Waals surface area contributed by atoms with Gasteiger partial charge in [-0.15, -0.1) is 0 Å². The highest BCUT2D eigenvalue weighted by Crippen LogP contribution is 2.34. The van der Waals surface area contributed by atoms with Gasteiger partial charge in [0.1, 0.15) is 0 Å². The number of fused-ring (bicyclic) bond motifs is 1. The predicted octanol–water partition coefficient (Wildman–Crippen LogP) is 3.83. The van der Waals surface area contributed by atoms with Crippen molar-refractivity contribution in [3.63, 3.8) is 0 Å². The van der Waals surface area contributed by atoms with Gasteiger partial charge in [-0.3, -0.25) is 4.79 Å². The Morgan fingerprint density at radius 1 is 1.29 bits per heavy atom. The summed E-state index contributed by atoms with van der Waals surface area (Å²) < 4.78 is 5.85. The van der Waals surface area contributed by atoms with Crippen molar-refractivity contribution < 1.29 is 14.6 Å². The molecule has 0 radical (unpaired) electrons. The maximum Gasteiger partial charge on any atom is 0.189 e. The minimum absolute atomic E-state index is 0.0765. The third-order valence-electron chi connectivity index (χ3n) is 3.55. The molecule has 1 aliphatic rings. The summed E-state index contributed by atoms with van der Waals surface area (Å²) in [4.78, 5) is 12.4. The number of Topliss-reactive ketones (excluding diaryl/α,β-unsaturated/α-hetero) is 1. The van der Waals surface area contributed by atoms with Gasteiger partial charge in [0.15, 0.2) is 17.3 Å². The van der Waals surface area contributed by atoms with Crippen LogP contribution >= 0.6 is 22.6 Å². The quantitative estimate of drug-likeness (QED) is 0.625. The van der Waals surface area contributed by atoms with Crippen LogP contribution < -0.4 is 4.74 Å². The van der Waals surface area contributed by atoms with Crippen molar-refractivity contribution >= 4 is 34.5 Å². The number of hydrogen-bond acceptors (Lipinski definition) is 3. The van der Waals surface area contributed by atoms with E-state index in [1.54, 1.807) is 6.07 Å². The van der Waals surface area contributed by atoms with E-state index in [2.05, 4.69) is 0 Å². The first-order valence-electron chi connectivity index (χ1n) is 6.50. The van der Waals surface area contributed by atoms with E-state index in [4.69, 9.17) is 4.74 Å². The maximum absolute atomic E-state index is 12.4. The van der Waals surface area contributed by atoms with Crippen molar-refractivity contribution in [3.05, 3.63) is 62.2 Å². The van der Waals surface area contributed by atoms with Crippen LogP contribution in [0.15, 0.2) is 42.0 Å². The molecule has 3 rings (SSSR count).